The van der Waals surface area contributed by atoms with E-state index >= 15 is 0 Å². The number of carbonyl (C=O) groups excluding carboxylic acids is 3. The lowest BCUT2D eigenvalue weighted by molar-refractivity contribution is -0.158. The first kappa shape index (κ1) is 34.3. The molecule has 0 unspecified atom stereocenters. The summed E-state index contributed by atoms with van der Waals surface area (Å²) in [7, 11) is 0. The Hall–Kier alpha value is -4.62. The molecule has 2 amide bonds. The Morgan fingerprint density at radius 2 is 1.61 bits per heavy atom. The second-order valence-corrected chi connectivity index (χ2v) is 11.8. The molecule has 0 spiro atoms. The summed E-state index contributed by atoms with van der Waals surface area (Å²) in [5.74, 6) is -2.51. The molecule has 1 aliphatic rings. The fraction of sp³-hybridized carbons (Fsp3) is 0.375. The van der Waals surface area contributed by atoms with E-state index in [4.69, 9.17) is 4.74 Å². The van der Waals surface area contributed by atoms with Crippen LogP contribution in [0.5, 0.6) is 5.75 Å². The number of Topliss-reactive ketones (excluding diaryl/α,β-unsaturated/α-hetero) is 1. The maximum Gasteiger partial charge on any atom is 0.422 e. The average Bonchev–Trinajstić information content (AvgIpc) is 3.76. The lowest BCUT2D eigenvalue weighted by Gasteiger charge is -2.22. The summed E-state index contributed by atoms with van der Waals surface area (Å²) in [6.07, 6.45) is -8.27. The van der Waals surface area contributed by atoms with Gasteiger partial charge in [-0.2, -0.15) is 26.3 Å². The summed E-state index contributed by atoms with van der Waals surface area (Å²) in [4.78, 5) is 42.9. The third-order valence-electron chi connectivity index (χ3n) is 6.67. The SMILES string of the molecule is Cc1cc(C2CC2)ncc1-c1cccc(C(=O)CC(=O)Nc2cc(C(F)(F)F)c(OCC(F)(F)F)cc2NC(=O)OC(C)(C)C)c1. The number of hydrogen-bond donors (Lipinski definition) is 2. The number of anilines is 2. The van der Waals surface area contributed by atoms with Gasteiger partial charge in [0.1, 0.15) is 11.4 Å². The molecule has 0 radical (unpaired) electrons. The zero-order valence-electron chi connectivity index (χ0n) is 25.3. The van der Waals surface area contributed by atoms with Gasteiger partial charge in [0.15, 0.2) is 12.4 Å². The van der Waals surface area contributed by atoms with Gasteiger partial charge in [-0.05, 0) is 69.9 Å². The van der Waals surface area contributed by atoms with Crippen molar-refractivity contribution in [2.24, 2.45) is 0 Å². The van der Waals surface area contributed by atoms with Gasteiger partial charge in [0.2, 0.25) is 5.91 Å². The molecule has 8 nitrogen and oxygen atoms in total. The molecule has 1 fully saturated rings. The zero-order valence-corrected chi connectivity index (χ0v) is 25.3. The van der Waals surface area contributed by atoms with Gasteiger partial charge in [-0.1, -0.05) is 18.2 Å². The molecule has 2 N–H and O–H groups in total. The number of ether oxygens (including phenoxy) is 2. The van der Waals surface area contributed by atoms with Crippen LogP contribution in [0.15, 0.2) is 48.7 Å². The number of alkyl halides is 6. The molecule has 46 heavy (non-hydrogen) atoms. The number of nitrogens with one attached hydrogen (secondary N) is 2. The van der Waals surface area contributed by atoms with E-state index in [-0.39, 0.29) is 5.56 Å². The molecule has 2 aromatic carbocycles. The van der Waals surface area contributed by atoms with Gasteiger partial charge in [-0.25, -0.2) is 4.79 Å². The van der Waals surface area contributed by atoms with Crippen LogP contribution in [0.1, 0.15) is 73.1 Å². The number of aromatic nitrogens is 1. The normalized spacial score (nSPS) is 13.6. The summed E-state index contributed by atoms with van der Waals surface area (Å²) in [5.41, 5.74) is -0.354. The minimum Gasteiger partial charge on any atom is -0.483 e. The molecule has 0 bridgehead atoms. The van der Waals surface area contributed by atoms with Crippen LogP contribution in [-0.4, -0.2) is 41.2 Å². The molecule has 1 aromatic heterocycles. The van der Waals surface area contributed by atoms with Crippen molar-refractivity contribution in [3.63, 3.8) is 0 Å². The van der Waals surface area contributed by atoms with Gasteiger partial charge in [-0.3, -0.25) is 19.9 Å². The van der Waals surface area contributed by atoms with E-state index in [0.29, 0.717) is 23.6 Å². The Bertz CT molecular complexity index is 1640. The highest BCUT2D eigenvalue weighted by Gasteiger charge is 2.38. The van der Waals surface area contributed by atoms with Crippen molar-refractivity contribution in [3.05, 3.63) is 71.0 Å². The lowest BCUT2D eigenvalue weighted by Crippen LogP contribution is -2.28. The summed E-state index contributed by atoms with van der Waals surface area (Å²) in [6.45, 7) is 4.37. The Morgan fingerprint density at radius 3 is 2.20 bits per heavy atom. The predicted octanol–water partition coefficient (Wildman–Crippen LogP) is 8.45. The van der Waals surface area contributed by atoms with Crippen LogP contribution in [0.25, 0.3) is 11.1 Å². The molecule has 4 rings (SSSR count). The number of carbonyl (C=O) groups is 3. The maximum atomic E-state index is 13.9. The van der Waals surface area contributed by atoms with Crippen molar-refractivity contribution < 1.29 is 50.2 Å². The van der Waals surface area contributed by atoms with Crippen molar-refractivity contribution in [2.45, 2.75) is 70.8 Å². The van der Waals surface area contributed by atoms with Gasteiger partial charge in [0.05, 0.1) is 23.4 Å². The highest BCUT2D eigenvalue weighted by Crippen LogP contribution is 2.42. The second-order valence-electron chi connectivity index (χ2n) is 11.8. The zero-order chi connectivity index (χ0) is 34.0. The van der Waals surface area contributed by atoms with Crippen LogP contribution in [0.4, 0.5) is 42.5 Å². The number of nitrogens with zero attached hydrogens (tertiary/aromatic N) is 1. The Kier molecular flexibility index (Phi) is 9.69. The quantitative estimate of drug-likeness (QED) is 0.137. The maximum absolute atomic E-state index is 13.9. The molecule has 14 heteroatoms. The van der Waals surface area contributed by atoms with E-state index in [1.165, 1.54) is 26.8 Å². The third-order valence-corrected chi connectivity index (χ3v) is 6.67. The number of pyridine rings is 1. The van der Waals surface area contributed by atoms with E-state index in [0.717, 1.165) is 29.7 Å². The van der Waals surface area contributed by atoms with Crippen LogP contribution in [-0.2, 0) is 15.7 Å². The highest BCUT2D eigenvalue weighted by molar-refractivity contribution is 6.12. The van der Waals surface area contributed by atoms with Crippen molar-refractivity contribution in [1.82, 2.24) is 4.98 Å². The number of ketones is 1. The molecular weight excluding hydrogens is 620 g/mol. The highest BCUT2D eigenvalue weighted by atomic mass is 19.4. The topological polar surface area (TPSA) is 107 Å². The molecule has 1 heterocycles. The monoisotopic (exact) mass is 651 g/mol. The summed E-state index contributed by atoms with van der Waals surface area (Å²) < 4.78 is 89.4. The molecule has 0 aliphatic heterocycles. The van der Waals surface area contributed by atoms with Gasteiger partial charge in [0, 0.05) is 35.0 Å². The molecule has 0 atom stereocenters. The van der Waals surface area contributed by atoms with Gasteiger partial charge in [0.25, 0.3) is 0 Å². The number of hydrogen-bond acceptors (Lipinski definition) is 6. The summed E-state index contributed by atoms with van der Waals surface area (Å²) >= 11 is 0. The van der Waals surface area contributed by atoms with Gasteiger partial charge >= 0.3 is 18.4 Å². The van der Waals surface area contributed by atoms with E-state index in [9.17, 15) is 40.7 Å². The summed E-state index contributed by atoms with van der Waals surface area (Å²) in [5, 5.41) is 4.28. The predicted molar refractivity (Wildman–Crippen MR) is 157 cm³/mol. The van der Waals surface area contributed by atoms with E-state index in [2.05, 4.69) is 20.4 Å². The molecule has 1 aliphatic carbocycles. The number of aryl methyl sites for hydroxylation is 1. The second kappa shape index (κ2) is 13.0. The molecule has 1 saturated carbocycles. The van der Waals surface area contributed by atoms with Gasteiger partial charge < -0.3 is 14.8 Å². The minimum atomic E-state index is -5.22. The average molecular weight is 652 g/mol. The Balaban J connectivity index is 1.59. The number of rotatable bonds is 9. The first-order chi connectivity index (χ1) is 21.3. The van der Waals surface area contributed by atoms with Crippen LogP contribution >= 0.6 is 0 Å². The smallest absolute Gasteiger partial charge is 0.422 e. The van der Waals surface area contributed by atoms with E-state index < -0.39 is 71.5 Å². The van der Waals surface area contributed by atoms with E-state index in [1.807, 2.05) is 13.0 Å². The lowest BCUT2D eigenvalue weighted by atomic mass is 9.97. The summed E-state index contributed by atoms with van der Waals surface area (Å²) in [6, 6.07) is 9.23. The van der Waals surface area contributed by atoms with Crippen molar-refractivity contribution in [2.75, 3.05) is 17.2 Å². The largest absolute Gasteiger partial charge is 0.483 e. The molecule has 0 saturated heterocycles. The molecular formula is C32H31F6N3O5. The van der Waals surface area contributed by atoms with E-state index in [1.54, 1.807) is 24.4 Å². The minimum absolute atomic E-state index is 0.150. The fourth-order valence-corrected chi connectivity index (χ4v) is 4.49. The number of amides is 2. The van der Waals surface area contributed by atoms with Crippen LogP contribution in [0.2, 0.25) is 0 Å². The van der Waals surface area contributed by atoms with Crippen molar-refractivity contribution in [3.8, 4) is 16.9 Å². The molecule has 3 aromatic rings. The molecule has 246 valence electrons. The standard InChI is InChI=1S/C32H31F6N3O5/c1-17-10-23(18-8-9-18)39-15-21(17)19-6-5-7-20(11-19)26(42)14-28(43)40-24-12-22(32(36,37)38)27(45-16-31(33,34)35)13-25(24)41-29(44)46-30(2,3)4/h5-7,10-13,15,18H,8-9,14,16H2,1-4H3,(H,40,43)(H,41,44). The fourth-order valence-electron chi connectivity index (χ4n) is 4.49. The van der Waals surface area contributed by atoms with Crippen LogP contribution in [0, 0.1) is 6.92 Å². The van der Waals surface area contributed by atoms with Crippen LogP contribution in [0.3, 0.4) is 0 Å². The number of halogens is 6. The Morgan fingerprint density at radius 1 is 0.935 bits per heavy atom. The first-order valence-electron chi connectivity index (χ1n) is 14.1. The third kappa shape index (κ3) is 9.44. The Labute approximate surface area is 260 Å². The van der Waals surface area contributed by atoms with Gasteiger partial charge in [-0.15, -0.1) is 0 Å². The van der Waals surface area contributed by atoms with Crippen molar-refractivity contribution >= 4 is 29.2 Å². The first-order valence-corrected chi connectivity index (χ1v) is 14.1. The van der Waals surface area contributed by atoms with Crippen LogP contribution < -0.4 is 15.4 Å². The van der Waals surface area contributed by atoms with Crippen molar-refractivity contribution in [1.29, 1.82) is 0 Å². The number of benzene rings is 2.